The van der Waals surface area contributed by atoms with Gasteiger partial charge < -0.3 is 20.3 Å². The summed E-state index contributed by atoms with van der Waals surface area (Å²) in [5.74, 6) is -0.168. The molecule has 2 unspecified atom stereocenters. The van der Waals surface area contributed by atoms with E-state index in [2.05, 4.69) is 49.5 Å². The van der Waals surface area contributed by atoms with Gasteiger partial charge in [-0.3, -0.25) is 9.59 Å². The van der Waals surface area contributed by atoms with Gasteiger partial charge >= 0.3 is 5.97 Å². The van der Waals surface area contributed by atoms with Gasteiger partial charge in [0.1, 0.15) is 0 Å². The molecule has 0 spiro atoms. The van der Waals surface area contributed by atoms with Crippen LogP contribution in [0.4, 0.5) is 0 Å². The predicted molar refractivity (Wildman–Crippen MR) is 282 cm³/mol. The first-order valence-corrected chi connectivity index (χ1v) is 28.4. The van der Waals surface area contributed by atoms with E-state index in [4.69, 9.17) is 4.74 Å². The molecule has 65 heavy (non-hydrogen) atoms. The lowest BCUT2D eigenvalue weighted by Crippen LogP contribution is -2.45. The second kappa shape index (κ2) is 54.4. The van der Waals surface area contributed by atoms with Crippen LogP contribution in [0.15, 0.2) is 48.6 Å². The molecule has 0 aromatic heterocycles. The minimum Gasteiger partial charge on any atom is -0.466 e. The molecule has 0 rings (SSSR count). The number of hydrogen-bond acceptors (Lipinski definition) is 5. The van der Waals surface area contributed by atoms with E-state index in [0.29, 0.717) is 25.9 Å². The van der Waals surface area contributed by atoms with Crippen LogP contribution in [-0.2, 0) is 14.3 Å². The van der Waals surface area contributed by atoms with Gasteiger partial charge in [0.25, 0.3) is 0 Å². The van der Waals surface area contributed by atoms with Gasteiger partial charge in [-0.25, -0.2) is 0 Å². The summed E-state index contributed by atoms with van der Waals surface area (Å²) in [4.78, 5) is 24.5. The number of hydrogen-bond donors (Lipinski definition) is 3. The Bertz CT molecular complexity index is 1100. The lowest BCUT2D eigenvalue weighted by Gasteiger charge is -2.19. The second-order valence-electron chi connectivity index (χ2n) is 19.3. The molecule has 6 heteroatoms. The maximum Gasteiger partial charge on any atom is 0.305 e. The third kappa shape index (κ3) is 51.1. The van der Waals surface area contributed by atoms with Gasteiger partial charge in [0.2, 0.25) is 5.91 Å². The fourth-order valence-electron chi connectivity index (χ4n) is 8.44. The molecule has 0 heterocycles. The van der Waals surface area contributed by atoms with Crippen molar-refractivity contribution in [3.63, 3.8) is 0 Å². The first kappa shape index (κ1) is 62.8. The number of carbonyl (C=O) groups is 2. The summed E-state index contributed by atoms with van der Waals surface area (Å²) in [5.41, 5.74) is 0. The molecule has 0 aliphatic rings. The molecule has 0 bridgehead atoms. The summed E-state index contributed by atoms with van der Waals surface area (Å²) in [6.07, 6.45) is 68.5. The van der Waals surface area contributed by atoms with E-state index in [1.165, 1.54) is 205 Å². The standard InChI is InChI=1S/C59H109NO5/c1-3-5-7-9-11-13-15-17-19-21-22-23-25-29-33-37-41-45-49-53-59(64)65-54-50-46-42-38-34-30-26-28-32-36-40-44-48-52-58(63)60-56(55-61)57(62)51-47-43-39-35-31-27-24-20-18-16-14-12-10-8-6-4-2/h17,19,28,32,40,44,47,51,56-57,61-62H,3-16,18,20-27,29-31,33-39,41-43,45-46,48-50,52-55H2,1-2H3,(H,60,63)/b19-17-,32-28-,44-40-,51-47+. The normalized spacial score (nSPS) is 13.0. The van der Waals surface area contributed by atoms with E-state index < -0.39 is 12.1 Å². The Morgan fingerprint density at radius 2 is 0.785 bits per heavy atom. The number of carbonyl (C=O) groups excluding carboxylic acids is 2. The highest BCUT2D eigenvalue weighted by atomic mass is 16.5. The van der Waals surface area contributed by atoms with E-state index in [-0.39, 0.29) is 18.5 Å². The molecule has 0 fully saturated rings. The Balaban J connectivity index is 3.55. The molecule has 2 atom stereocenters. The quantitative estimate of drug-likeness (QED) is 0.0321. The van der Waals surface area contributed by atoms with Crippen molar-refractivity contribution in [2.45, 2.75) is 302 Å². The first-order valence-electron chi connectivity index (χ1n) is 28.4. The Morgan fingerprint density at radius 1 is 0.431 bits per heavy atom. The molecule has 0 radical (unpaired) electrons. The van der Waals surface area contributed by atoms with Crippen LogP contribution in [0.2, 0.25) is 0 Å². The van der Waals surface area contributed by atoms with Gasteiger partial charge in [-0.05, 0) is 77.0 Å². The highest BCUT2D eigenvalue weighted by Crippen LogP contribution is 2.16. The summed E-state index contributed by atoms with van der Waals surface area (Å²) in [6.45, 7) is 4.84. The van der Waals surface area contributed by atoms with Crippen molar-refractivity contribution in [1.82, 2.24) is 5.32 Å². The zero-order chi connectivity index (χ0) is 47.2. The van der Waals surface area contributed by atoms with Crippen LogP contribution in [0, 0.1) is 0 Å². The molecule has 6 nitrogen and oxygen atoms in total. The van der Waals surface area contributed by atoms with E-state index in [0.717, 1.165) is 51.4 Å². The van der Waals surface area contributed by atoms with Crippen LogP contribution in [0.1, 0.15) is 290 Å². The largest absolute Gasteiger partial charge is 0.466 e. The zero-order valence-electron chi connectivity index (χ0n) is 43.2. The third-order valence-electron chi connectivity index (χ3n) is 12.8. The average molecular weight is 913 g/mol. The molecular formula is C59H109NO5. The SMILES string of the molecule is CCCCCCCC/C=C\CCCCCCCCCCCC(=O)OCCCCCCCC/C=C\C/C=C\CCC(=O)NC(CO)C(O)/C=C/CCCCCCCCCCCCCCCC. The van der Waals surface area contributed by atoms with Gasteiger partial charge in [-0.15, -0.1) is 0 Å². The highest BCUT2D eigenvalue weighted by Gasteiger charge is 2.17. The molecule has 0 aromatic carbocycles. The van der Waals surface area contributed by atoms with Crippen LogP contribution in [0.5, 0.6) is 0 Å². The lowest BCUT2D eigenvalue weighted by atomic mass is 10.0. The fourth-order valence-corrected chi connectivity index (χ4v) is 8.44. The first-order chi connectivity index (χ1) is 32.0. The summed E-state index contributed by atoms with van der Waals surface area (Å²) >= 11 is 0. The highest BCUT2D eigenvalue weighted by molar-refractivity contribution is 5.76. The lowest BCUT2D eigenvalue weighted by molar-refractivity contribution is -0.143. The summed E-state index contributed by atoms with van der Waals surface area (Å²) in [7, 11) is 0. The Morgan fingerprint density at radius 3 is 1.22 bits per heavy atom. The monoisotopic (exact) mass is 912 g/mol. The van der Waals surface area contributed by atoms with Gasteiger partial charge in [-0.1, -0.05) is 249 Å². The minimum atomic E-state index is -0.880. The van der Waals surface area contributed by atoms with Crippen LogP contribution < -0.4 is 5.32 Å². The topological polar surface area (TPSA) is 95.9 Å². The van der Waals surface area contributed by atoms with Gasteiger partial charge in [0.05, 0.1) is 25.4 Å². The zero-order valence-corrected chi connectivity index (χ0v) is 43.2. The Kier molecular flexibility index (Phi) is 52.6. The number of amides is 1. The molecular weight excluding hydrogens is 803 g/mol. The molecule has 0 aromatic rings. The van der Waals surface area contributed by atoms with Crippen molar-refractivity contribution < 1.29 is 24.5 Å². The number of ether oxygens (including phenoxy) is 1. The average Bonchev–Trinajstić information content (AvgIpc) is 3.31. The van der Waals surface area contributed by atoms with Crippen LogP contribution >= 0.6 is 0 Å². The maximum atomic E-state index is 12.4. The molecule has 1 amide bonds. The van der Waals surface area contributed by atoms with Gasteiger partial charge in [0.15, 0.2) is 0 Å². The Labute approximate surface area is 404 Å². The van der Waals surface area contributed by atoms with Gasteiger partial charge in [0, 0.05) is 12.8 Å². The third-order valence-corrected chi connectivity index (χ3v) is 12.8. The van der Waals surface area contributed by atoms with Gasteiger partial charge in [-0.2, -0.15) is 0 Å². The second-order valence-corrected chi connectivity index (χ2v) is 19.3. The summed E-state index contributed by atoms with van der Waals surface area (Å²) < 4.78 is 5.47. The predicted octanol–water partition coefficient (Wildman–Crippen LogP) is 17.4. The van der Waals surface area contributed by atoms with Crippen molar-refractivity contribution >= 4 is 11.9 Å². The number of aliphatic hydroxyl groups is 2. The van der Waals surface area contributed by atoms with E-state index in [9.17, 15) is 19.8 Å². The maximum absolute atomic E-state index is 12.4. The number of nitrogens with one attached hydrogen (secondary N) is 1. The van der Waals surface area contributed by atoms with Crippen LogP contribution in [0.25, 0.3) is 0 Å². The smallest absolute Gasteiger partial charge is 0.305 e. The van der Waals surface area contributed by atoms with Crippen molar-refractivity contribution in [3.8, 4) is 0 Å². The number of rotatable bonds is 52. The number of aliphatic hydroxyl groups excluding tert-OH is 2. The molecule has 0 aliphatic carbocycles. The number of allylic oxidation sites excluding steroid dienone is 7. The van der Waals surface area contributed by atoms with Crippen molar-refractivity contribution in [2.24, 2.45) is 0 Å². The molecule has 3 N–H and O–H groups in total. The van der Waals surface area contributed by atoms with Crippen LogP contribution in [-0.4, -0.2) is 47.4 Å². The summed E-state index contributed by atoms with van der Waals surface area (Å²) in [5, 5.41) is 23.0. The molecule has 0 aliphatic heterocycles. The van der Waals surface area contributed by atoms with Crippen molar-refractivity contribution in [3.05, 3.63) is 48.6 Å². The fraction of sp³-hybridized carbons (Fsp3) is 0.831. The summed E-state index contributed by atoms with van der Waals surface area (Å²) in [6, 6.07) is -0.673. The van der Waals surface area contributed by atoms with Crippen molar-refractivity contribution in [2.75, 3.05) is 13.2 Å². The number of unbranched alkanes of at least 4 members (excludes halogenated alkanes) is 35. The van der Waals surface area contributed by atoms with E-state index in [1.807, 2.05) is 12.2 Å². The molecule has 0 saturated heterocycles. The Hall–Kier alpha value is -2.18. The van der Waals surface area contributed by atoms with Crippen LogP contribution in [0.3, 0.4) is 0 Å². The molecule has 380 valence electrons. The van der Waals surface area contributed by atoms with Crippen molar-refractivity contribution in [1.29, 1.82) is 0 Å². The van der Waals surface area contributed by atoms with E-state index in [1.54, 1.807) is 6.08 Å². The number of esters is 1. The minimum absolute atomic E-state index is 0.0193. The molecule has 0 saturated carbocycles. The van der Waals surface area contributed by atoms with E-state index >= 15 is 0 Å².